The summed E-state index contributed by atoms with van der Waals surface area (Å²) in [7, 11) is 1.25. The summed E-state index contributed by atoms with van der Waals surface area (Å²) in [5, 5.41) is 3.63. The molecule has 0 aliphatic heterocycles. The number of methoxy groups -OCH3 is 1. The van der Waals surface area contributed by atoms with Gasteiger partial charge in [0.2, 0.25) is 5.95 Å². The lowest BCUT2D eigenvalue weighted by molar-refractivity contribution is -0.145. The summed E-state index contributed by atoms with van der Waals surface area (Å²) in [6.45, 7) is 9.21. The van der Waals surface area contributed by atoms with Crippen LogP contribution >= 0.6 is 11.6 Å². The van der Waals surface area contributed by atoms with Gasteiger partial charge >= 0.3 is 17.3 Å². The molecule has 0 fully saturated rings. The number of carbonyl (C=O) groups is 1. The van der Waals surface area contributed by atoms with E-state index in [1.807, 2.05) is 13.8 Å². The van der Waals surface area contributed by atoms with E-state index >= 15 is 0 Å². The second-order valence-corrected chi connectivity index (χ2v) is 8.93. The number of hydrogen-bond donors (Lipinski definition) is 1. The maximum Gasteiger partial charge on any atom is 0.354 e. The maximum absolute atomic E-state index is 13.4. The molecule has 1 atom stereocenters. The molecule has 3 rings (SSSR count). The lowest BCUT2D eigenvalue weighted by atomic mass is 10.1. The number of ether oxygens (including phenoxy) is 2. The number of hydrogen-bond acceptors (Lipinski definition) is 7. The van der Waals surface area contributed by atoms with Crippen molar-refractivity contribution in [2.45, 2.75) is 40.0 Å². The first-order valence-electron chi connectivity index (χ1n) is 11.4. The first-order valence-corrected chi connectivity index (χ1v) is 11.7. The Balaban J connectivity index is 2.07. The Morgan fingerprint density at radius 3 is 2.44 bits per heavy atom. The van der Waals surface area contributed by atoms with Crippen molar-refractivity contribution in [3.63, 3.8) is 0 Å². The van der Waals surface area contributed by atoms with Gasteiger partial charge in [-0.25, -0.2) is 14.2 Å². The summed E-state index contributed by atoms with van der Waals surface area (Å²) in [5.41, 5.74) is 0.685. The Hall–Kier alpha value is -3.85. The van der Waals surface area contributed by atoms with Crippen LogP contribution < -0.4 is 21.4 Å². The first-order chi connectivity index (χ1) is 17.1. The molecule has 1 heterocycles. The average Bonchev–Trinajstić information content (AvgIpc) is 2.85. The van der Waals surface area contributed by atoms with E-state index in [2.05, 4.69) is 16.9 Å². The number of benzene rings is 2. The molecule has 0 unspecified atom stereocenters. The average molecular weight is 513 g/mol. The van der Waals surface area contributed by atoms with Crippen LogP contribution in [0.2, 0.25) is 5.02 Å². The second kappa shape index (κ2) is 11.7. The quantitative estimate of drug-likeness (QED) is 0.408. The van der Waals surface area contributed by atoms with Crippen molar-refractivity contribution in [2.24, 2.45) is 5.92 Å². The minimum absolute atomic E-state index is 0.0197. The van der Waals surface area contributed by atoms with Gasteiger partial charge in [-0.3, -0.25) is 9.36 Å². The van der Waals surface area contributed by atoms with E-state index in [1.54, 1.807) is 55.5 Å². The minimum Gasteiger partial charge on any atom is -0.490 e. The van der Waals surface area contributed by atoms with E-state index in [0.717, 1.165) is 15.7 Å². The molecule has 9 nitrogen and oxygen atoms in total. The number of carbonyl (C=O) groups excluding carboxylic acids is 1. The van der Waals surface area contributed by atoms with Crippen LogP contribution in [0.25, 0.3) is 6.08 Å². The lowest BCUT2D eigenvalue weighted by Gasteiger charge is -2.18. The highest BCUT2D eigenvalue weighted by Gasteiger charge is 2.20. The summed E-state index contributed by atoms with van der Waals surface area (Å²) >= 11 is 6.00. The zero-order valence-electron chi connectivity index (χ0n) is 20.7. The largest absolute Gasteiger partial charge is 0.490 e. The van der Waals surface area contributed by atoms with Gasteiger partial charge in [0.25, 0.3) is 0 Å². The van der Waals surface area contributed by atoms with Crippen molar-refractivity contribution in [3.8, 4) is 5.75 Å². The van der Waals surface area contributed by atoms with Crippen LogP contribution in [-0.4, -0.2) is 33.3 Å². The van der Waals surface area contributed by atoms with Crippen LogP contribution in [0.5, 0.6) is 5.75 Å². The topological polar surface area (TPSA) is 104 Å². The van der Waals surface area contributed by atoms with Gasteiger partial charge in [0.15, 0.2) is 0 Å². The van der Waals surface area contributed by atoms with Gasteiger partial charge in [-0.1, -0.05) is 43.3 Å². The van der Waals surface area contributed by atoms with Crippen molar-refractivity contribution < 1.29 is 14.3 Å². The Morgan fingerprint density at radius 2 is 1.83 bits per heavy atom. The van der Waals surface area contributed by atoms with Crippen molar-refractivity contribution in [2.75, 3.05) is 12.4 Å². The van der Waals surface area contributed by atoms with Gasteiger partial charge < -0.3 is 14.8 Å². The monoisotopic (exact) mass is 512 g/mol. The molecule has 1 N–H and O–H groups in total. The smallest absolute Gasteiger partial charge is 0.354 e. The van der Waals surface area contributed by atoms with Crippen LogP contribution in [0.15, 0.2) is 58.6 Å². The van der Waals surface area contributed by atoms with Gasteiger partial charge in [0, 0.05) is 22.8 Å². The number of halogens is 1. The molecule has 10 heteroatoms. The minimum atomic E-state index is -0.783. The Bertz CT molecular complexity index is 1360. The summed E-state index contributed by atoms with van der Waals surface area (Å²) in [4.78, 5) is 42.3. The normalized spacial score (nSPS) is 11.7. The lowest BCUT2D eigenvalue weighted by Crippen LogP contribution is -2.44. The maximum atomic E-state index is 13.4. The van der Waals surface area contributed by atoms with Crippen molar-refractivity contribution in [1.82, 2.24) is 14.1 Å². The fourth-order valence-electron chi connectivity index (χ4n) is 3.52. The standard InChI is InChI=1S/C26H29ClN4O5/c1-6-19-13-21(11-12-22(19)36-16(2)3)28-24-29-25(33)31(14-17(4)23(32)35-5)26(34)30(24)15-18-7-9-20(27)10-8-18/h6-13,16-17H,1,14-15H2,2-5H3,(H,28,29,33)/t17-/m0/s1. The van der Waals surface area contributed by atoms with E-state index in [-0.39, 0.29) is 25.1 Å². The zero-order valence-corrected chi connectivity index (χ0v) is 21.4. The molecule has 0 aliphatic rings. The molecule has 0 spiro atoms. The highest BCUT2D eigenvalue weighted by atomic mass is 35.5. The summed E-state index contributed by atoms with van der Waals surface area (Å²) in [5.74, 6) is -0.541. The van der Waals surface area contributed by atoms with Crippen molar-refractivity contribution in [1.29, 1.82) is 0 Å². The fourth-order valence-corrected chi connectivity index (χ4v) is 3.65. The van der Waals surface area contributed by atoms with Crippen LogP contribution in [0.4, 0.5) is 11.6 Å². The van der Waals surface area contributed by atoms with E-state index in [0.29, 0.717) is 16.5 Å². The van der Waals surface area contributed by atoms with Crippen LogP contribution in [0, 0.1) is 5.92 Å². The van der Waals surface area contributed by atoms with Crippen molar-refractivity contribution in [3.05, 3.63) is 86.2 Å². The summed E-state index contributed by atoms with van der Waals surface area (Å²) in [6, 6.07) is 12.3. The van der Waals surface area contributed by atoms with Gasteiger partial charge in [-0.2, -0.15) is 4.98 Å². The van der Waals surface area contributed by atoms with Gasteiger partial charge in [-0.15, -0.1) is 0 Å². The van der Waals surface area contributed by atoms with E-state index in [4.69, 9.17) is 21.1 Å². The molecule has 36 heavy (non-hydrogen) atoms. The van der Waals surface area contributed by atoms with E-state index in [1.165, 1.54) is 11.7 Å². The van der Waals surface area contributed by atoms with Gasteiger partial charge in [0.05, 0.1) is 25.7 Å². The molecule has 0 radical (unpaired) electrons. The molecular formula is C26H29ClN4O5. The number of esters is 1. The van der Waals surface area contributed by atoms with Crippen molar-refractivity contribution >= 4 is 35.3 Å². The molecule has 2 aromatic carbocycles. The number of nitrogens with zero attached hydrogens (tertiary/aromatic N) is 3. The highest BCUT2D eigenvalue weighted by Crippen LogP contribution is 2.26. The molecular weight excluding hydrogens is 484 g/mol. The highest BCUT2D eigenvalue weighted by molar-refractivity contribution is 6.30. The van der Waals surface area contributed by atoms with E-state index in [9.17, 15) is 14.4 Å². The van der Waals surface area contributed by atoms with Crippen LogP contribution in [-0.2, 0) is 22.6 Å². The van der Waals surface area contributed by atoms with Gasteiger partial charge in [-0.05, 0) is 49.7 Å². The predicted octanol–water partition coefficient (Wildman–Crippen LogP) is 4.09. The zero-order chi connectivity index (χ0) is 26.4. The fraction of sp³-hybridized carbons (Fsp3) is 0.308. The molecule has 0 aliphatic carbocycles. The molecule has 0 bridgehead atoms. The third-order valence-corrected chi connectivity index (χ3v) is 5.56. The number of nitrogens with one attached hydrogen (secondary N) is 1. The molecule has 0 saturated carbocycles. The number of anilines is 2. The van der Waals surface area contributed by atoms with Crippen LogP contribution in [0.3, 0.4) is 0 Å². The molecule has 3 aromatic rings. The Kier molecular flexibility index (Phi) is 8.71. The summed E-state index contributed by atoms with van der Waals surface area (Å²) in [6.07, 6.45) is 1.64. The molecule has 0 amide bonds. The predicted molar refractivity (Wildman–Crippen MR) is 140 cm³/mol. The number of rotatable bonds is 10. The molecule has 1 aromatic heterocycles. The molecule has 190 valence electrons. The summed E-state index contributed by atoms with van der Waals surface area (Å²) < 4.78 is 12.8. The second-order valence-electron chi connectivity index (χ2n) is 8.50. The van der Waals surface area contributed by atoms with Gasteiger partial charge in [0.1, 0.15) is 5.75 Å². The third kappa shape index (κ3) is 6.42. The number of aromatic nitrogens is 3. The Morgan fingerprint density at radius 1 is 1.14 bits per heavy atom. The first kappa shape index (κ1) is 26.7. The molecule has 0 saturated heterocycles. The van der Waals surface area contributed by atoms with Crippen LogP contribution in [0.1, 0.15) is 31.9 Å². The Labute approximate surface area is 214 Å². The SMILES string of the molecule is C=Cc1cc(Nc2nc(=O)n(C[C@H](C)C(=O)OC)c(=O)n2Cc2ccc(Cl)cc2)ccc1OC(C)C. The van der Waals surface area contributed by atoms with E-state index < -0.39 is 23.3 Å². The third-order valence-electron chi connectivity index (χ3n) is 5.31.